The molecule has 0 aliphatic heterocycles. The minimum Gasteiger partial charge on any atom is -0.476 e. The first-order chi connectivity index (χ1) is 8.56. The number of anilines is 1. The Labute approximate surface area is 117 Å². The standard InChI is InChI=1S/C12H11BrN2O2S/c1-15(6-8-3-2-4-9(13)5-8)12-14-10(7-18-12)11(16)17/h2-5,7H,6H2,1H3,(H,16,17). The highest BCUT2D eigenvalue weighted by Gasteiger charge is 2.11. The van der Waals surface area contributed by atoms with E-state index in [-0.39, 0.29) is 5.69 Å². The molecule has 2 rings (SSSR count). The summed E-state index contributed by atoms with van der Waals surface area (Å²) in [5.41, 5.74) is 1.23. The largest absolute Gasteiger partial charge is 0.476 e. The Balaban J connectivity index is 2.11. The highest BCUT2D eigenvalue weighted by Crippen LogP contribution is 2.22. The van der Waals surface area contributed by atoms with Gasteiger partial charge in [0.1, 0.15) is 0 Å². The van der Waals surface area contributed by atoms with Crippen LogP contribution in [0.15, 0.2) is 34.1 Å². The molecule has 0 aliphatic rings. The molecule has 1 heterocycles. The summed E-state index contributed by atoms with van der Waals surface area (Å²) in [4.78, 5) is 16.8. The van der Waals surface area contributed by atoms with Gasteiger partial charge < -0.3 is 10.0 Å². The number of halogens is 1. The van der Waals surface area contributed by atoms with Gasteiger partial charge in [0.05, 0.1) is 0 Å². The van der Waals surface area contributed by atoms with Crippen molar-refractivity contribution >= 4 is 38.4 Å². The van der Waals surface area contributed by atoms with Gasteiger partial charge in [-0.05, 0) is 17.7 Å². The van der Waals surface area contributed by atoms with Crippen LogP contribution in [0.3, 0.4) is 0 Å². The molecule has 0 amide bonds. The lowest BCUT2D eigenvalue weighted by molar-refractivity contribution is 0.0691. The summed E-state index contributed by atoms with van der Waals surface area (Å²) in [7, 11) is 1.89. The number of aromatic carboxylic acids is 1. The third-order valence-electron chi connectivity index (χ3n) is 2.35. The molecule has 0 spiro atoms. The summed E-state index contributed by atoms with van der Waals surface area (Å²) in [5.74, 6) is -0.992. The van der Waals surface area contributed by atoms with Crippen LogP contribution in [0.25, 0.3) is 0 Å². The molecule has 0 saturated carbocycles. The van der Waals surface area contributed by atoms with Crippen LogP contribution in [0, 0.1) is 0 Å². The number of rotatable bonds is 4. The Hall–Kier alpha value is -1.40. The van der Waals surface area contributed by atoms with Crippen LogP contribution >= 0.6 is 27.3 Å². The van der Waals surface area contributed by atoms with E-state index in [1.54, 1.807) is 5.38 Å². The average Bonchev–Trinajstić information content (AvgIpc) is 2.78. The SMILES string of the molecule is CN(Cc1cccc(Br)c1)c1nc(C(=O)O)cs1. The summed E-state index contributed by atoms with van der Waals surface area (Å²) in [6.45, 7) is 0.687. The second-order valence-corrected chi connectivity index (χ2v) is 5.56. The van der Waals surface area contributed by atoms with Gasteiger partial charge in [-0.15, -0.1) is 11.3 Å². The summed E-state index contributed by atoms with van der Waals surface area (Å²) in [6, 6.07) is 7.99. The lowest BCUT2D eigenvalue weighted by Gasteiger charge is -2.15. The fraction of sp³-hybridized carbons (Fsp3) is 0.167. The minimum absolute atomic E-state index is 0.0936. The zero-order chi connectivity index (χ0) is 13.1. The molecule has 2 aromatic rings. The van der Waals surface area contributed by atoms with Crippen LogP contribution in [0.4, 0.5) is 5.13 Å². The van der Waals surface area contributed by atoms with Gasteiger partial charge >= 0.3 is 5.97 Å². The maximum Gasteiger partial charge on any atom is 0.355 e. The lowest BCUT2D eigenvalue weighted by Crippen LogP contribution is -2.16. The quantitative estimate of drug-likeness (QED) is 0.937. The van der Waals surface area contributed by atoms with E-state index in [9.17, 15) is 4.79 Å². The molecule has 1 aromatic carbocycles. The molecule has 0 radical (unpaired) electrons. The number of benzene rings is 1. The van der Waals surface area contributed by atoms with Gasteiger partial charge in [0.15, 0.2) is 10.8 Å². The van der Waals surface area contributed by atoms with Crippen LogP contribution in [-0.2, 0) is 6.54 Å². The fourth-order valence-corrected chi connectivity index (χ4v) is 2.73. The van der Waals surface area contributed by atoms with E-state index in [0.717, 1.165) is 10.0 Å². The van der Waals surface area contributed by atoms with Gasteiger partial charge in [-0.3, -0.25) is 0 Å². The van der Waals surface area contributed by atoms with Crippen LogP contribution in [0.1, 0.15) is 16.1 Å². The Morgan fingerprint density at radius 2 is 2.33 bits per heavy atom. The van der Waals surface area contributed by atoms with Crippen molar-refractivity contribution in [3.05, 3.63) is 45.4 Å². The fourth-order valence-electron chi connectivity index (χ4n) is 1.51. The van der Waals surface area contributed by atoms with Gasteiger partial charge in [0, 0.05) is 23.4 Å². The first-order valence-corrected chi connectivity index (χ1v) is 6.88. The minimum atomic E-state index is -0.992. The maximum atomic E-state index is 10.8. The molecule has 6 heteroatoms. The van der Waals surface area contributed by atoms with Crippen molar-refractivity contribution in [1.29, 1.82) is 0 Å². The first kappa shape index (κ1) is 13.0. The second kappa shape index (κ2) is 5.49. The molecule has 18 heavy (non-hydrogen) atoms. The Kier molecular flexibility index (Phi) is 3.98. The molecule has 4 nitrogen and oxygen atoms in total. The zero-order valence-corrected chi connectivity index (χ0v) is 12.0. The van der Waals surface area contributed by atoms with E-state index in [0.29, 0.717) is 11.7 Å². The predicted octanol–water partition coefficient (Wildman–Crippen LogP) is 3.24. The van der Waals surface area contributed by atoms with Crippen molar-refractivity contribution in [1.82, 2.24) is 4.98 Å². The molecule has 0 unspecified atom stereocenters. The molecular formula is C12H11BrN2O2S. The van der Waals surface area contributed by atoms with Crippen LogP contribution < -0.4 is 4.90 Å². The summed E-state index contributed by atoms with van der Waals surface area (Å²) in [6.07, 6.45) is 0. The summed E-state index contributed by atoms with van der Waals surface area (Å²) < 4.78 is 1.03. The van der Waals surface area contributed by atoms with Gasteiger partial charge in [-0.25, -0.2) is 9.78 Å². The molecule has 0 bridgehead atoms. The molecule has 1 N–H and O–H groups in total. The maximum absolute atomic E-state index is 10.8. The number of carboxylic acids is 1. The number of carbonyl (C=O) groups is 1. The molecule has 94 valence electrons. The number of nitrogens with zero attached hydrogens (tertiary/aromatic N) is 2. The van der Waals surface area contributed by atoms with Crippen molar-refractivity contribution < 1.29 is 9.90 Å². The highest BCUT2D eigenvalue weighted by molar-refractivity contribution is 9.10. The Morgan fingerprint density at radius 3 is 2.94 bits per heavy atom. The van der Waals surface area contributed by atoms with Gasteiger partial charge in [0.25, 0.3) is 0 Å². The van der Waals surface area contributed by atoms with Gasteiger partial charge in [-0.1, -0.05) is 28.1 Å². The zero-order valence-electron chi connectivity index (χ0n) is 9.63. The second-order valence-electron chi connectivity index (χ2n) is 3.81. The van der Waals surface area contributed by atoms with Crippen molar-refractivity contribution in [2.45, 2.75) is 6.54 Å². The van der Waals surface area contributed by atoms with Crippen LogP contribution in [0.5, 0.6) is 0 Å². The van der Waals surface area contributed by atoms with Gasteiger partial charge in [0.2, 0.25) is 0 Å². The summed E-state index contributed by atoms with van der Waals surface area (Å²) in [5, 5.41) is 11.1. The predicted molar refractivity (Wildman–Crippen MR) is 75.3 cm³/mol. The van der Waals surface area contributed by atoms with E-state index in [1.807, 2.05) is 36.2 Å². The van der Waals surface area contributed by atoms with E-state index in [4.69, 9.17) is 5.11 Å². The Bertz CT molecular complexity index is 571. The average molecular weight is 327 g/mol. The number of thiazole rings is 1. The normalized spacial score (nSPS) is 10.3. The monoisotopic (exact) mass is 326 g/mol. The topological polar surface area (TPSA) is 53.4 Å². The number of hydrogen-bond acceptors (Lipinski definition) is 4. The van der Waals surface area contributed by atoms with E-state index >= 15 is 0 Å². The van der Waals surface area contributed by atoms with Crippen molar-refractivity contribution in [3.8, 4) is 0 Å². The lowest BCUT2D eigenvalue weighted by atomic mass is 10.2. The van der Waals surface area contributed by atoms with E-state index < -0.39 is 5.97 Å². The number of aromatic nitrogens is 1. The highest BCUT2D eigenvalue weighted by atomic mass is 79.9. The van der Waals surface area contributed by atoms with E-state index in [2.05, 4.69) is 20.9 Å². The molecule has 0 atom stereocenters. The third-order valence-corrected chi connectivity index (χ3v) is 3.79. The van der Waals surface area contributed by atoms with E-state index in [1.165, 1.54) is 11.3 Å². The van der Waals surface area contributed by atoms with Gasteiger partial charge in [-0.2, -0.15) is 0 Å². The Morgan fingerprint density at radius 1 is 1.56 bits per heavy atom. The molecule has 1 aromatic heterocycles. The molecule has 0 fully saturated rings. The van der Waals surface area contributed by atoms with Crippen molar-refractivity contribution in [3.63, 3.8) is 0 Å². The third kappa shape index (κ3) is 3.08. The van der Waals surface area contributed by atoms with Crippen molar-refractivity contribution in [2.75, 3.05) is 11.9 Å². The smallest absolute Gasteiger partial charge is 0.355 e. The first-order valence-electron chi connectivity index (χ1n) is 5.20. The van der Waals surface area contributed by atoms with Crippen LogP contribution in [-0.4, -0.2) is 23.1 Å². The molecular weight excluding hydrogens is 316 g/mol. The molecule has 0 saturated heterocycles. The number of hydrogen-bond donors (Lipinski definition) is 1. The van der Waals surface area contributed by atoms with Crippen LogP contribution in [0.2, 0.25) is 0 Å². The molecule has 0 aliphatic carbocycles. The summed E-state index contributed by atoms with van der Waals surface area (Å²) >= 11 is 4.75. The van der Waals surface area contributed by atoms with Crippen molar-refractivity contribution in [2.24, 2.45) is 0 Å². The number of carboxylic acid groups (broad SMARTS) is 1.